The summed E-state index contributed by atoms with van der Waals surface area (Å²) in [6.45, 7) is -0.392. The fourth-order valence-electron chi connectivity index (χ4n) is 3.61. The van der Waals surface area contributed by atoms with Crippen molar-refractivity contribution < 1.29 is 20.1 Å². The Labute approximate surface area is 152 Å². The molecule has 0 saturated carbocycles. The minimum Gasteiger partial charge on any atom is -0.394 e. The third kappa shape index (κ3) is 2.37. The molecule has 4 N–H and O–H groups in total. The molecule has 0 amide bonds. The first-order valence-electron chi connectivity index (χ1n) is 8.55. The van der Waals surface area contributed by atoms with Crippen LogP contribution in [0.5, 0.6) is 0 Å². The number of H-pyrrole nitrogens is 1. The second-order valence-electron chi connectivity index (χ2n) is 6.52. The van der Waals surface area contributed by atoms with Crippen LogP contribution in [-0.4, -0.2) is 64.7 Å². The van der Waals surface area contributed by atoms with Gasteiger partial charge in [-0.3, -0.25) is 4.57 Å². The van der Waals surface area contributed by atoms with Crippen LogP contribution in [0.1, 0.15) is 6.23 Å². The number of nitrogens with zero attached hydrogens (tertiary/aromatic N) is 4. The summed E-state index contributed by atoms with van der Waals surface area (Å²) in [4.78, 5) is 16.3. The summed E-state index contributed by atoms with van der Waals surface area (Å²) in [7, 11) is 0. The van der Waals surface area contributed by atoms with E-state index in [1.807, 2.05) is 30.5 Å². The average Bonchev–Trinajstić information content (AvgIpc) is 3.38. The minimum absolute atomic E-state index is 0.392. The molecular weight excluding hydrogens is 350 g/mol. The third-order valence-electron chi connectivity index (χ3n) is 4.99. The lowest BCUT2D eigenvalue weighted by Crippen LogP contribution is -2.33. The Kier molecular flexibility index (Phi) is 3.69. The maximum atomic E-state index is 10.3. The molecule has 0 radical (unpaired) electrons. The van der Waals surface area contributed by atoms with Crippen LogP contribution >= 0.6 is 0 Å². The highest BCUT2D eigenvalue weighted by Crippen LogP contribution is 2.34. The molecule has 1 fully saturated rings. The Morgan fingerprint density at radius 2 is 1.96 bits per heavy atom. The molecule has 0 aliphatic carbocycles. The Hall–Kier alpha value is -2.85. The summed E-state index contributed by atoms with van der Waals surface area (Å²) < 4.78 is 7.15. The van der Waals surface area contributed by atoms with E-state index in [-0.39, 0.29) is 0 Å². The van der Waals surface area contributed by atoms with Crippen LogP contribution in [-0.2, 0) is 4.74 Å². The van der Waals surface area contributed by atoms with Gasteiger partial charge >= 0.3 is 0 Å². The predicted molar refractivity (Wildman–Crippen MR) is 95.6 cm³/mol. The normalized spacial score (nSPS) is 25.6. The van der Waals surface area contributed by atoms with Gasteiger partial charge in [-0.2, -0.15) is 0 Å². The summed E-state index contributed by atoms with van der Waals surface area (Å²) in [6, 6.07) is 7.89. The lowest BCUT2D eigenvalue weighted by atomic mass is 10.1. The summed E-state index contributed by atoms with van der Waals surface area (Å²) in [6.07, 6.45) is 0.651. The van der Waals surface area contributed by atoms with Gasteiger partial charge in [0.25, 0.3) is 0 Å². The van der Waals surface area contributed by atoms with Crippen LogP contribution in [0.3, 0.4) is 0 Å². The van der Waals surface area contributed by atoms with Crippen LogP contribution in [0.2, 0.25) is 0 Å². The number of para-hydroxylation sites is 1. The van der Waals surface area contributed by atoms with Gasteiger partial charge < -0.3 is 25.0 Å². The number of benzene rings is 1. The molecular formula is C18H17N5O4. The number of aromatic amines is 1. The molecule has 1 aliphatic rings. The summed E-state index contributed by atoms with van der Waals surface area (Å²) in [5.41, 5.74) is 3.56. The highest BCUT2D eigenvalue weighted by molar-refractivity contribution is 6.00. The van der Waals surface area contributed by atoms with Crippen molar-refractivity contribution in [3.8, 4) is 11.3 Å². The van der Waals surface area contributed by atoms with E-state index < -0.39 is 31.1 Å². The van der Waals surface area contributed by atoms with E-state index in [2.05, 4.69) is 19.9 Å². The van der Waals surface area contributed by atoms with Crippen molar-refractivity contribution in [3.05, 3.63) is 43.1 Å². The smallest absolute Gasteiger partial charge is 0.166 e. The molecule has 0 bridgehead atoms. The molecule has 0 unspecified atom stereocenters. The van der Waals surface area contributed by atoms with E-state index in [4.69, 9.17) is 4.74 Å². The van der Waals surface area contributed by atoms with Crippen molar-refractivity contribution in [3.63, 3.8) is 0 Å². The number of ether oxygens (including phenoxy) is 1. The van der Waals surface area contributed by atoms with Gasteiger partial charge in [-0.25, -0.2) is 15.0 Å². The van der Waals surface area contributed by atoms with Gasteiger partial charge in [-0.15, -0.1) is 0 Å². The number of rotatable bonds is 3. The van der Waals surface area contributed by atoms with Crippen LogP contribution in [0.4, 0.5) is 0 Å². The highest BCUT2D eigenvalue weighted by atomic mass is 16.6. The second-order valence-corrected chi connectivity index (χ2v) is 6.52. The lowest BCUT2D eigenvalue weighted by Gasteiger charge is -2.16. The number of aliphatic hydroxyl groups excluding tert-OH is 3. The molecule has 3 aromatic heterocycles. The Morgan fingerprint density at radius 1 is 1.11 bits per heavy atom. The van der Waals surface area contributed by atoms with E-state index in [0.717, 1.165) is 16.5 Å². The molecule has 9 heteroatoms. The molecule has 4 aromatic rings. The zero-order valence-electron chi connectivity index (χ0n) is 14.1. The van der Waals surface area contributed by atoms with Crippen LogP contribution in [0.25, 0.3) is 33.3 Å². The van der Waals surface area contributed by atoms with Crippen LogP contribution in [0, 0.1) is 0 Å². The van der Waals surface area contributed by atoms with Gasteiger partial charge in [-0.05, 0) is 6.07 Å². The summed E-state index contributed by atoms with van der Waals surface area (Å²) in [5.74, 6) is 0. The van der Waals surface area contributed by atoms with Crippen molar-refractivity contribution in [1.82, 2.24) is 24.5 Å². The number of hydrogen-bond donors (Lipinski definition) is 4. The van der Waals surface area contributed by atoms with E-state index in [1.54, 1.807) is 4.57 Å². The molecule has 4 atom stereocenters. The fraction of sp³-hybridized carbons (Fsp3) is 0.278. The van der Waals surface area contributed by atoms with Gasteiger partial charge in [0.15, 0.2) is 11.9 Å². The minimum atomic E-state index is -1.20. The van der Waals surface area contributed by atoms with Gasteiger partial charge in [0, 0.05) is 22.7 Å². The Balaban J connectivity index is 1.64. The first-order chi connectivity index (χ1) is 13.2. The molecule has 1 aliphatic heterocycles. The number of aromatic nitrogens is 5. The van der Waals surface area contributed by atoms with Crippen molar-refractivity contribution in [2.75, 3.05) is 6.61 Å². The molecule has 1 aromatic carbocycles. The van der Waals surface area contributed by atoms with Crippen molar-refractivity contribution >= 4 is 22.1 Å². The van der Waals surface area contributed by atoms with E-state index in [1.165, 1.54) is 12.7 Å². The first kappa shape index (κ1) is 16.3. The third-order valence-corrected chi connectivity index (χ3v) is 4.99. The standard InChI is InChI=1S/C18H17N5O4/c24-6-12-15(25)16(26)18(27-12)23-8-22-14-13(20-7-21-17(14)23)10-5-19-11-4-2-1-3-9(10)11/h1-5,7-8,12,15-16,18-19,24-26H,6H2/t12-,15-,16-,18-/m1/s1. The molecule has 138 valence electrons. The van der Waals surface area contributed by atoms with Gasteiger partial charge in [-0.1, -0.05) is 18.2 Å². The zero-order valence-corrected chi connectivity index (χ0v) is 14.1. The number of imidazole rings is 1. The van der Waals surface area contributed by atoms with Crippen LogP contribution in [0.15, 0.2) is 43.1 Å². The lowest BCUT2D eigenvalue weighted by molar-refractivity contribution is -0.0511. The topological polar surface area (TPSA) is 129 Å². The van der Waals surface area contributed by atoms with Gasteiger partial charge in [0.2, 0.25) is 0 Å². The molecule has 4 heterocycles. The van der Waals surface area contributed by atoms with Crippen LogP contribution < -0.4 is 0 Å². The van der Waals surface area contributed by atoms with E-state index in [9.17, 15) is 15.3 Å². The SMILES string of the molecule is OC[C@H]1O[C@@H](n2cnc3c(-c4c[nH]c5ccccc45)ncnc32)[C@H](O)[C@@H]1O. The second kappa shape index (κ2) is 6.10. The van der Waals surface area contributed by atoms with Gasteiger partial charge in [0.05, 0.1) is 12.9 Å². The number of hydrogen-bond acceptors (Lipinski definition) is 7. The van der Waals surface area contributed by atoms with E-state index in [0.29, 0.717) is 16.9 Å². The van der Waals surface area contributed by atoms with Crippen molar-refractivity contribution in [2.24, 2.45) is 0 Å². The summed E-state index contributed by atoms with van der Waals surface area (Å²) in [5, 5.41) is 30.6. The number of fused-ring (bicyclic) bond motifs is 2. The van der Waals surface area contributed by atoms with Crippen molar-refractivity contribution in [1.29, 1.82) is 0 Å². The quantitative estimate of drug-likeness (QED) is 0.417. The maximum absolute atomic E-state index is 10.3. The molecule has 1 saturated heterocycles. The highest BCUT2D eigenvalue weighted by Gasteiger charge is 2.44. The van der Waals surface area contributed by atoms with E-state index >= 15 is 0 Å². The average molecular weight is 367 g/mol. The fourth-order valence-corrected chi connectivity index (χ4v) is 3.61. The Morgan fingerprint density at radius 3 is 2.78 bits per heavy atom. The molecule has 27 heavy (non-hydrogen) atoms. The number of nitrogens with one attached hydrogen (secondary N) is 1. The molecule has 9 nitrogen and oxygen atoms in total. The molecule has 5 rings (SSSR count). The first-order valence-corrected chi connectivity index (χ1v) is 8.55. The number of aliphatic hydroxyl groups is 3. The predicted octanol–water partition coefficient (Wildman–Crippen LogP) is 0.586. The van der Waals surface area contributed by atoms with Gasteiger partial charge in [0.1, 0.15) is 35.8 Å². The summed E-state index contributed by atoms with van der Waals surface area (Å²) >= 11 is 0. The zero-order chi connectivity index (χ0) is 18.5. The maximum Gasteiger partial charge on any atom is 0.166 e. The monoisotopic (exact) mass is 367 g/mol. The van der Waals surface area contributed by atoms with Crippen molar-refractivity contribution in [2.45, 2.75) is 24.5 Å². The molecule has 0 spiro atoms. The Bertz CT molecular complexity index is 1120. The largest absolute Gasteiger partial charge is 0.394 e.